The third-order valence-electron chi connectivity index (χ3n) is 3.86. The fraction of sp³-hybridized carbons (Fsp3) is 0.562. The van der Waals surface area contributed by atoms with Crippen LogP contribution in [0, 0.1) is 0 Å². The first-order chi connectivity index (χ1) is 9.65. The van der Waals surface area contributed by atoms with E-state index < -0.39 is 0 Å². The van der Waals surface area contributed by atoms with Gasteiger partial charge in [-0.25, -0.2) is 0 Å². The smallest absolute Gasteiger partial charge is 0.223 e. The molecule has 0 bridgehead atoms. The third kappa shape index (κ3) is 4.62. The van der Waals surface area contributed by atoms with Crippen LogP contribution in [0.5, 0.6) is 0 Å². The van der Waals surface area contributed by atoms with Crippen LogP contribution >= 0.6 is 0 Å². The van der Waals surface area contributed by atoms with Crippen LogP contribution in [0.2, 0.25) is 0 Å². The number of carbonyl (C=O) groups excluding carboxylic acids is 1. The van der Waals surface area contributed by atoms with E-state index in [1.165, 1.54) is 5.56 Å². The Morgan fingerprint density at radius 2 is 1.80 bits per heavy atom. The van der Waals surface area contributed by atoms with Gasteiger partial charge in [0, 0.05) is 45.7 Å². The van der Waals surface area contributed by atoms with Crippen LogP contribution in [0.15, 0.2) is 30.3 Å². The Balaban J connectivity index is 1.70. The Hall–Kier alpha value is -1.39. The van der Waals surface area contributed by atoms with Gasteiger partial charge in [0.15, 0.2) is 0 Å². The predicted octanol–water partition coefficient (Wildman–Crippen LogP) is 1.28. The van der Waals surface area contributed by atoms with Crippen molar-refractivity contribution in [3.05, 3.63) is 35.9 Å². The maximum Gasteiger partial charge on any atom is 0.223 e. The number of nitrogens with zero attached hydrogens (tertiary/aromatic N) is 3. The van der Waals surface area contributed by atoms with E-state index in [1.54, 1.807) is 0 Å². The summed E-state index contributed by atoms with van der Waals surface area (Å²) >= 11 is 0. The number of hydrogen-bond donors (Lipinski definition) is 0. The van der Waals surface area contributed by atoms with Crippen LogP contribution in [-0.4, -0.2) is 67.4 Å². The minimum absolute atomic E-state index is 0.290. The average molecular weight is 275 g/mol. The molecule has 1 saturated heterocycles. The molecule has 0 N–H and O–H groups in total. The molecule has 2 rings (SSSR count). The van der Waals surface area contributed by atoms with E-state index in [1.807, 2.05) is 11.0 Å². The van der Waals surface area contributed by atoms with Crippen LogP contribution in [0.3, 0.4) is 0 Å². The summed E-state index contributed by atoms with van der Waals surface area (Å²) in [6, 6.07) is 10.4. The molecule has 1 amide bonds. The molecular formula is C16H25N3O. The standard InChI is InChI=1S/C16H25N3O/c1-17-10-12-19(13-11-17)16(20)8-9-18(2)14-15-6-4-3-5-7-15/h3-7H,8-14H2,1-2H3. The molecule has 1 fully saturated rings. The summed E-state index contributed by atoms with van der Waals surface area (Å²) in [5.74, 6) is 0.290. The third-order valence-corrected chi connectivity index (χ3v) is 3.86. The monoisotopic (exact) mass is 275 g/mol. The molecule has 1 aliphatic rings. The van der Waals surface area contributed by atoms with Crippen LogP contribution in [0.25, 0.3) is 0 Å². The molecule has 1 aliphatic heterocycles. The summed E-state index contributed by atoms with van der Waals surface area (Å²) in [6.45, 7) is 5.45. The molecule has 1 aromatic carbocycles. The van der Waals surface area contributed by atoms with Gasteiger partial charge in [-0.3, -0.25) is 4.79 Å². The molecular weight excluding hydrogens is 250 g/mol. The molecule has 1 aromatic rings. The molecule has 1 heterocycles. The molecule has 4 heteroatoms. The molecule has 0 aliphatic carbocycles. The number of benzene rings is 1. The summed E-state index contributed by atoms with van der Waals surface area (Å²) in [5, 5.41) is 0. The van der Waals surface area contributed by atoms with E-state index in [9.17, 15) is 4.79 Å². The Morgan fingerprint density at radius 1 is 1.15 bits per heavy atom. The lowest BCUT2D eigenvalue weighted by atomic mass is 10.2. The van der Waals surface area contributed by atoms with Gasteiger partial charge in [-0.05, 0) is 19.7 Å². The minimum atomic E-state index is 0.290. The second kappa shape index (κ2) is 7.41. The lowest BCUT2D eigenvalue weighted by Crippen LogP contribution is -2.47. The Bertz CT molecular complexity index is 413. The molecule has 0 radical (unpaired) electrons. The van der Waals surface area contributed by atoms with Crippen molar-refractivity contribution < 1.29 is 4.79 Å². The van der Waals surface area contributed by atoms with Gasteiger partial charge in [0.05, 0.1) is 0 Å². The largest absolute Gasteiger partial charge is 0.340 e. The summed E-state index contributed by atoms with van der Waals surface area (Å²) < 4.78 is 0. The van der Waals surface area contributed by atoms with Gasteiger partial charge in [-0.1, -0.05) is 30.3 Å². The van der Waals surface area contributed by atoms with Gasteiger partial charge in [0.1, 0.15) is 0 Å². The van der Waals surface area contributed by atoms with Crippen molar-refractivity contribution in [1.29, 1.82) is 0 Å². The number of rotatable bonds is 5. The summed E-state index contributed by atoms with van der Waals surface area (Å²) in [4.78, 5) is 18.6. The van der Waals surface area contributed by atoms with E-state index in [2.05, 4.69) is 48.2 Å². The van der Waals surface area contributed by atoms with Crippen molar-refractivity contribution in [1.82, 2.24) is 14.7 Å². The van der Waals surface area contributed by atoms with Crippen molar-refractivity contribution in [2.75, 3.05) is 46.8 Å². The summed E-state index contributed by atoms with van der Waals surface area (Å²) in [7, 11) is 4.18. The summed E-state index contributed by atoms with van der Waals surface area (Å²) in [6.07, 6.45) is 0.618. The first-order valence-electron chi connectivity index (χ1n) is 7.34. The molecule has 0 saturated carbocycles. The first-order valence-corrected chi connectivity index (χ1v) is 7.34. The van der Waals surface area contributed by atoms with Crippen LogP contribution in [0.1, 0.15) is 12.0 Å². The van der Waals surface area contributed by atoms with Crippen LogP contribution in [-0.2, 0) is 11.3 Å². The van der Waals surface area contributed by atoms with E-state index in [4.69, 9.17) is 0 Å². The lowest BCUT2D eigenvalue weighted by Gasteiger charge is -2.32. The maximum atomic E-state index is 12.1. The van der Waals surface area contributed by atoms with E-state index in [0.29, 0.717) is 6.42 Å². The molecule has 0 aromatic heterocycles. The first kappa shape index (κ1) is 15.0. The van der Waals surface area contributed by atoms with E-state index in [0.717, 1.165) is 39.3 Å². The topological polar surface area (TPSA) is 26.8 Å². The molecule has 0 unspecified atom stereocenters. The number of carbonyl (C=O) groups is 1. The second-order valence-corrected chi connectivity index (χ2v) is 5.66. The second-order valence-electron chi connectivity index (χ2n) is 5.66. The van der Waals surface area contributed by atoms with Crippen molar-refractivity contribution in [3.63, 3.8) is 0 Å². The molecule has 0 atom stereocenters. The quantitative estimate of drug-likeness (QED) is 0.810. The number of hydrogen-bond acceptors (Lipinski definition) is 3. The van der Waals surface area contributed by atoms with Gasteiger partial charge < -0.3 is 14.7 Å². The van der Waals surface area contributed by atoms with Gasteiger partial charge in [0.25, 0.3) is 0 Å². The summed E-state index contributed by atoms with van der Waals surface area (Å²) in [5.41, 5.74) is 1.29. The highest BCUT2D eigenvalue weighted by Gasteiger charge is 2.18. The van der Waals surface area contributed by atoms with Gasteiger partial charge in [-0.2, -0.15) is 0 Å². The zero-order chi connectivity index (χ0) is 14.4. The van der Waals surface area contributed by atoms with E-state index in [-0.39, 0.29) is 5.91 Å². The Kier molecular flexibility index (Phi) is 5.56. The van der Waals surface area contributed by atoms with Crippen molar-refractivity contribution >= 4 is 5.91 Å². The zero-order valence-corrected chi connectivity index (χ0v) is 12.6. The van der Waals surface area contributed by atoms with E-state index >= 15 is 0 Å². The van der Waals surface area contributed by atoms with Crippen LogP contribution in [0.4, 0.5) is 0 Å². The fourth-order valence-electron chi connectivity index (χ4n) is 2.47. The normalized spacial score (nSPS) is 16.6. The fourth-order valence-corrected chi connectivity index (χ4v) is 2.47. The highest BCUT2D eigenvalue weighted by molar-refractivity contribution is 5.76. The number of amides is 1. The van der Waals surface area contributed by atoms with Gasteiger partial charge in [-0.15, -0.1) is 0 Å². The molecule has 110 valence electrons. The van der Waals surface area contributed by atoms with Crippen molar-refractivity contribution in [2.45, 2.75) is 13.0 Å². The Labute approximate surface area is 122 Å². The van der Waals surface area contributed by atoms with Gasteiger partial charge in [0.2, 0.25) is 5.91 Å². The molecule has 0 spiro atoms. The van der Waals surface area contributed by atoms with Crippen molar-refractivity contribution in [2.24, 2.45) is 0 Å². The SMILES string of the molecule is CN1CCN(C(=O)CCN(C)Cc2ccccc2)CC1. The Morgan fingerprint density at radius 3 is 2.45 bits per heavy atom. The molecule has 20 heavy (non-hydrogen) atoms. The predicted molar refractivity (Wildman–Crippen MR) is 81.5 cm³/mol. The van der Waals surface area contributed by atoms with Crippen molar-refractivity contribution in [3.8, 4) is 0 Å². The highest BCUT2D eigenvalue weighted by Crippen LogP contribution is 2.05. The van der Waals surface area contributed by atoms with Crippen LogP contribution < -0.4 is 0 Å². The maximum absolute atomic E-state index is 12.1. The molecule has 4 nitrogen and oxygen atoms in total. The average Bonchev–Trinajstić information content (AvgIpc) is 2.46. The number of likely N-dealkylation sites (N-methyl/N-ethyl adjacent to an activating group) is 1. The zero-order valence-electron chi connectivity index (χ0n) is 12.6. The number of piperazine rings is 1. The minimum Gasteiger partial charge on any atom is -0.340 e. The lowest BCUT2D eigenvalue weighted by molar-refractivity contribution is -0.133. The van der Waals surface area contributed by atoms with Gasteiger partial charge >= 0.3 is 0 Å². The highest BCUT2D eigenvalue weighted by atomic mass is 16.2.